The lowest BCUT2D eigenvalue weighted by Gasteiger charge is -2.36. The fourth-order valence-electron chi connectivity index (χ4n) is 3.57. The molecule has 182 valence electrons. The van der Waals surface area contributed by atoms with Crippen LogP contribution >= 0.6 is 0 Å². The molecule has 0 bridgehead atoms. The van der Waals surface area contributed by atoms with Crippen LogP contribution in [0.25, 0.3) is 0 Å². The Labute approximate surface area is 201 Å². The van der Waals surface area contributed by atoms with E-state index in [1.54, 1.807) is 30.3 Å². The molecule has 0 aromatic heterocycles. The average Bonchev–Trinajstić information content (AvgIpc) is 2.76. The first-order valence-electron chi connectivity index (χ1n) is 11.0. The zero-order valence-corrected chi connectivity index (χ0v) is 21.1. The molecule has 0 saturated heterocycles. The van der Waals surface area contributed by atoms with Gasteiger partial charge in [-0.25, -0.2) is 8.42 Å². The number of nitriles is 1. The third-order valence-electron chi connectivity index (χ3n) is 5.09. The van der Waals surface area contributed by atoms with Gasteiger partial charge in [0, 0.05) is 6.54 Å². The molecule has 0 amide bonds. The van der Waals surface area contributed by atoms with Gasteiger partial charge < -0.3 is 14.4 Å². The van der Waals surface area contributed by atoms with E-state index in [-0.39, 0.29) is 40.9 Å². The van der Waals surface area contributed by atoms with Crippen LogP contribution in [-0.2, 0) is 26.0 Å². The van der Waals surface area contributed by atoms with Gasteiger partial charge in [0.05, 0.1) is 41.8 Å². The molecule has 0 radical (unpaired) electrons. The van der Waals surface area contributed by atoms with Gasteiger partial charge in [0.25, 0.3) is 10.0 Å². The van der Waals surface area contributed by atoms with Gasteiger partial charge in [0.2, 0.25) is 0 Å². The van der Waals surface area contributed by atoms with Crippen LogP contribution < -0.4 is 9.04 Å². The fraction of sp³-hybridized carbons (Fsp3) is 0.440. The minimum Gasteiger partial charge on any atom is -0.485 e. The summed E-state index contributed by atoms with van der Waals surface area (Å²) in [5, 5.41) is 9.22. The molecular weight excluding hydrogens is 454 g/mol. The van der Waals surface area contributed by atoms with Crippen LogP contribution in [0.4, 0.5) is 5.69 Å². The summed E-state index contributed by atoms with van der Waals surface area (Å²) >= 11 is 0. The van der Waals surface area contributed by atoms with Crippen molar-refractivity contribution in [3.05, 3.63) is 53.6 Å². The summed E-state index contributed by atoms with van der Waals surface area (Å²) < 4.78 is 40.1. The molecule has 2 aromatic rings. The van der Waals surface area contributed by atoms with E-state index in [4.69, 9.17) is 9.47 Å². The van der Waals surface area contributed by atoms with Crippen molar-refractivity contribution in [2.75, 3.05) is 38.1 Å². The number of ether oxygens (including phenoxy) is 2. The van der Waals surface area contributed by atoms with Gasteiger partial charge in [-0.2, -0.15) is 5.26 Å². The van der Waals surface area contributed by atoms with Crippen LogP contribution in [0.15, 0.2) is 47.4 Å². The lowest BCUT2D eigenvalue weighted by Crippen LogP contribution is -2.47. The van der Waals surface area contributed by atoms with E-state index in [0.717, 1.165) is 0 Å². The number of anilines is 1. The smallest absolute Gasteiger partial charge is 0.310 e. The molecule has 0 aliphatic carbocycles. The van der Waals surface area contributed by atoms with Crippen LogP contribution in [0.2, 0.25) is 0 Å². The number of nitrogens with zero attached hydrogens (tertiary/aromatic N) is 3. The molecule has 0 fully saturated rings. The number of sulfonamides is 1. The molecule has 0 unspecified atom stereocenters. The van der Waals surface area contributed by atoms with E-state index in [1.807, 2.05) is 45.8 Å². The van der Waals surface area contributed by atoms with Gasteiger partial charge >= 0.3 is 5.97 Å². The zero-order valence-electron chi connectivity index (χ0n) is 20.2. The Kier molecular flexibility index (Phi) is 7.54. The minimum atomic E-state index is -3.98. The fourth-order valence-corrected chi connectivity index (χ4v) is 5.11. The molecule has 9 heteroatoms. The van der Waals surface area contributed by atoms with Crippen LogP contribution in [0.5, 0.6) is 5.75 Å². The molecule has 1 heterocycles. The first-order chi connectivity index (χ1) is 15.9. The van der Waals surface area contributed by atoms with E-state index < -0.39 is 10.0 Å². The van der Waals surface area contributed by atoms with E-state index in [2.05, 4.69) is 0 Å². The Morgan fingerprint density at radius 2 is 1.97 bits per heavy atom. The summed E-state index contributed by atoms with van der Waals surface area (Å²) in [5.74, 6) is 0.0399. The number of fused-ring (bicyclic) bond motifs is 1. The summed E-state index contributed by atoms with van der Waals surface area (Å²) in [7, 11) is -0.205. The lowest BCUT2D eigenvalue weighted by molar-refractivity contribution is -0.145. The molecule has 0 N–H and O–H groups in total. The highest BCUT2D eigenvalue weighted by Gasteiger charge is 2.35. The largest absolute Gasteiger partial charge is 0.485 e. The van der Waals surface area contributed by atoms with E-state index in [1.165, 1.54) is 16.4 Å². The number of hydrogen-bond acceptors (Lipinski definition) is 7. The van der Waals surface area contributed by atoms with Crippen molar-refractivity contribution in [2.24, 2.45) is 5.41 Å². The quantitative estimate of drug-likeness (QED) is 0.555. The predicted molar refractivity (Wildman–Crippen MR) is 129 cm³/mol. The predicted octanol–water partition coefficient (Wildman–Crippen LogP) is 3.21. The number of carbonyl (C=O) groups excluding carboxylic acids is 1. The number of carbonyl (C=O) groups is 1. The van der Waals surface area contributed by atoms with Crippen LogP contribution in [-0.4, -0.2) is 59.2 Å². The molecule has 0 spiro atoms. The van der Waals surface area contributed by atoms with Crippen molar-refractivity contribution in [1.82, 2.24) is 4.90 Å². The van der Waals surface area contributed by atoms with E-state index >= 15 is 0 Å². The first kappa shape index (κ1) is 25.5. The first-order valence-corrected chi connectivity index (χ1v) is 12.5. The summed E-state index contributed by atoms with van der Waals surface area (Å²) in [5.41, 5.74) is 1.09. The molecule has 34 heavy (non-hydrogen) atoms. The van der Waals surface area contributed by atoms with Gasteiger partial charge in [0.1, 0.15) is 11.9 Å². The molecule has 1 atom stereocenters. The summed E-state index contributed by atoms with van der Waals surface area (Å²) in [6, 6.07) is 13.0. The van der Waals surface area contributed by atoms with Gasteiger partial charge in [0.15, 0.2) is 0 Å². The lowest BCUT2D eigenvalue weighted by atomic mass is 9.99. The van der Waals surface area contributed by atoms with E-state index in [9.17, 15) is 18.5 Å². The number of benzene rings is 2. The second-order valence-electron chi connectivity index (χ2n) is 9.88. The van der Waals surface area contributed by atoms with Gasteiger partial charge in [-0.05, 0) is 55.4 Å². The Balaban J connectivity index is 1.97. The van der Waals surface area contributed by atoms with Crippen molar-refractivity contribution in [3.8, 4) is 11.8 Å². The topological polar surface area (TPSA) is 99.9 Å². The summed E-state index contributed by atoms with van der Waals surface area (Å²) in [6.45, 7) is 6.84. The maximum absolute atomic E-state index is 13.7. The van der Waals surface area contributed by atoms with Crippen molar-refractivity contribution in [1.29, 1.82) is 5.26 Å². The van der Waals surface area contributed by atoms with Crippen LogP contribution in [0.1, 0.15) is 31.9 Å². The molecule has 1 aliphatic rings. The van der Waals surface area contributed by atoms with Crippen molar-refractivity contribution < 1.29 is 22.7 Å². The normalized spacial score (nSPS) is 15.9. The number of esters is 1. The second-order valence-corrected chi connectivity index (χ2v) is 11.7. The molecular formula is C25H31N3O5S. The van der Waals surface area contributed by atoms with Gasteiger partial charge in [-0.15, -0.1) is 0 Å². The second kappa shape index (κ2) is 10.0. The standard InChI is InChI=1S/C25H31N3O5S/c1-25(2,3)17-32-24(29)13-18-9-10-23-22(12-18)28(16-20(33-23)15-27(4)5)34(30,31)21-8-6-7-19(11-21)14-26/h6-12,20H,13,15-17H2,1-5H3/t20-/m0/s1. The summed E-state index contributed by atoms with van der Waals surface area (Å²) in [6.07, 6.45) is -0.374. The van der Waals surface area contributed by atoms with Crippen LogP contribution in [0.3, 0.4) is 0 Å². The molecule has 1 aliphatic heterocycles. The minimum absolute atomic E-state index is 0.0162. The Hall–Kier alpha value is -3.09. The monoisotopic (exact) mass is 485 g/mol. The highest BCUT2D eigenvalue weighted by Crippen LogP contribution is 2.38. The molecule has 8 nitrogen and oxygen atoms in total. The Bertz CT molecular complexity index is 1200. The summed E-state index contributed by atoms with van der Waals surface area (Å²) in [4.78, 5) is 14.3. The average molecular weight is 486 g/mol. The zero-order chi connectivity index (χ0) is 25.1. The number of hydrogen-bond donors (Lipinski definition) is 0. The van der Waals surface area contributed by atoms with Gasteiger partial charge in [-0.3, -0.25) is 9.10 Å². The number of rotatable bonds is 7. The Morgan fingerprint density at radius 3 is 2.62 bits per heavy atom. The van der Waals surface area contributed by atoms with Crippen molar-refractivity contribution in [2.45, 2.75) is 38.2 Å². The molecule has 0 saturated carbocycles. The third-order valence-corrected chi connectivity index (χ3v) is 6.87. The highest BCUT2D eigenvalue weighted by atomic mass is 32.2. The molecule has 2 aromatic carbocycles. The maximum atomic E-state index is 13.7. The third kappa shape index (κ3) is 6.27. The van der Waals surface area contributed by atoms with Gasteiger partial charge in [-0.1, -0.05) is 32.9 Å². The van der Waals surface area contributed by atoms with Crippen molar-refractivity contribution >= 4 is 21.7 Å². The highest BCUT2D eigenvalue weighted by molar-refractivity contribution is 7.92. The Morgan fingerprint density at radius 1 is 1.24 bits per heavy atom. The van der Waals surface area contributed by atoms with Crippen molar-refractivity contribution in [3.63, 3.8) is 0 Å². The molecule has 3 rings (SSSR count). The SMILES string of the molecule is CN(C)C[C@H]1CN(S(=O)(=O)c2cccc(C#N)c2)c2cc(CC(=O)OCC(C)(C)C)ccc2O1. The number of likely N-dealkylation sites (N-methyl/N-ethyl adjacent to an activating group) is 1. The van der Waals surface area contributed by atoms with Crippen LogP contribution in [0, 0.1) is 16.7 Å². The van der Waals surface area contributed by atoms with E-state index in [0.29, 0.717) is 30.2 Å². The maximum Gasteiger partial charge on any atom is 0.310 e.